The molecule has 0 saturated carbocycles. The molecule has 2 aromatic carbocycles. The van der Waals surface area contributed by atoms with E-state index in [-0.39, 0.29) is 36.5 Å². The number of ether oxygens (including phenoxy) is 2. The fourth-order valence-electron chi connectivity index (χ4n) is 5.73. The van der Waals surface area contributed by atoms with E-state index in [1.807, 2.05) is 29.2 Å². The van der Waals surface area contributed by atoms with Gasteiger partial charge >= 0.3 is 6.03 Å². The number of benzene rings is 2. The van der Waals surface area contributed by atoms with E-state index >= 15 is 0 Å². The average molecular weight is 499 g/mol. The van der Waals surface area contributed by atoms with Crippen LogP contribution in [0.15, 0.2) is 48.7 Å². The molecule has 2 bridgehead atoms. The Labute approximate surface area is 210 Å². The van der Waals surface area contributed by atoms with Gasteiger partial charge in [0.25, 0.3) is 5.91 Å². The van der Waals surface area contributed by atoms with Crippen LogP contribution in [-0.2, 0) is 4.79 Å². The molecule has 1 aromatic heterocycles. The number of aromatic nitrogens is 1. The minimum atomic E-state index is -0.637. The van der Waals surface area contributed by atoms with Gasteiger partial charge in [0.1, 0.15) is 17.8 Å². The lowest BCUT2D eigenvalue weighted by Crippen LogP contribution is -2.55. The highest BCUT2D eigenvalue weighted by molar-refractivity contribution is 7.80. The van der Waals surface area contributed by atoms with Gasteiger partial charge in [0, 0.05) is 29.1 Å². The molecule has 4 aliphatic rings. The first-order valence-corrected chi connectivity index (χ1v) is 11.9. The molecule has 36 heavy (non-hydrogen) atoms. The molecule has 3 amide bonds. The molecule has 1 N–H and O–H groups in total. The van der Waals surface area contributed by atoms with Crippen LogP contribution in [0.5, 0.6) is 11.5 Å². The van der Waals surface area contributed by atoms with Crippen LogP contribution in [0, 0.1) is 11.3 Å². The maximum Gasteiger partial charge on any atom is 0.332 e. The number of amides is 3. The van der Waals surface area contributed by atoms with Crippen molar-refractivity contribution in [2.45, 2.75) is 24.5 Å². The Bertz CT molecular complexity index is 1540. The Kier molecular flexibility index (Phi) is 4.37. The van der Waals surface area contributed by atoms with Crippen molar-refractivity contribution in [1.29, 1.82) is 5.26 Å². The largest absolute Gasteiger partial charge is 0.454 e. The van der Waals surface area contributed by atoms with E-state index in [2.05, 4.69) is 16.4 Å². The second kappa shape index (κ2) is 7.53. The smallest absolute Gasteiger partial charge is 0.332 e. The Hall–Kier alpha value is -4.43. The molecular formula is C25H18N6O4S. The van der Waals surface area contributed by atoms with E-state index in [0.29, 0.717) is 46.0 Å². The third-order valence-electron chi connectivity index (χ3n) is 7.27. The summed E-state index contributed by atoms with van der Waals surface area (Å²) in [5, 5.41) is 14.4. The number of nitrogens with one attached hydrogen (secondary N) is 1. The minimum Gasteiger partial charge on any atom is -0.454 e. The van der Waals surface area contributed by atoms with Crippen molar-refractivity contribution in [3.05, 3.63) is 54.4 Å². The molecular weight excluding hydrogens is 480 g/mol. The number of carbonyl (C=O) groups is 2. The summed E-state index contributed by atoms with van der Waals surface area (Å²) in [7, 11) is 0. The molecule has 5 heterocycles. The number of pyridine rings is 1. The van der Waals surface area contributed by atoms with Crippen molar-refractivity contribution in [3.8, 4) is 17.6 Å². The number of anilines is 2. The summed E-state index contributed by atoms with van der Waals surface area (Å²) in [5.74, 6) is 1.02. The van der Waals surface area contributed by atoms with Crippen LogP contribution in [0.1, 0.15) is 12.1 Å². The van der Waals surface area contributed by atoms with Gasteiger partial charge in [0.15, 0.2) is 16.6 Å². The third-order valence-corrected chi connectivity index (χ3v) is 7.61. The number of likely N-dealkylation sites (tertiary alicyclic amines) is 1. The van der Waals surface area contributed by atoms with Gasteiger partial charge in [-0.2, -0.15) is 5.26 Å². The molecule has 2 unspecified atom stereocenters. The van der Waals surface area contributed by atoms with Gasteiger partial charge in [-0.3, -0.25) is 4.79 Å². The highest BCUT2D eigenvalue weighted by Crippen LogP contribution is 2.44. The van der Waals surface area contributed by atoms with Gasteiger partial charge in [0.2, 0.25) is 6.79 Å². The number of nitrogens with zero attached hydrogens (tertiary/aromatic N) is 5. The summed E-state index contributed by atoms with van der Waals surface area (Å²) in [5.41, 5.74) is 1.40. The Balaban J connectivity index is 1.17. The SMILES string of the molecule is N#Cc1ncc(N2C(=O)[C@H]3C4CC(CN4C(=S)Nc4ccc5c(c4)OCO5)N3C2=O)c2ccccc12. The second-order valence-corrected chi connectivity index (χ2v) is 9.45. The highest BCUT2D eigenvalue weighted by Gasteiger charge is 2.62. The van der Waals surface area contributed by atoms with Gasteiger partial charge in [-0.1, -0.05) is 24.3 Å². The molecule has 0 aliphatic carbocycles. The first-order chi connectivity index (χ1) is 17.5. The molecule has 4 aliphatic heterocycles. The van der Waals surface area contributed by atoms with E-state index in [0.717, 1.165) is 5.69 Å². The Morgan fingerprint density at radius 1 is 1.14 bits per heavy atom. The molecule has 0 radical (unpaired) electrons. The van der Waals surface area contributed by atoms with Gasteiger partial charge < -0.3 is 24.6 Å². The molecule has 11 heteroatoms. The Morgan fingerprint density at radius 3 is 2.78 bits per heavy atom. The summed E-state index contributed by atoms with van der Waals surface area (Å²) in [4.78, 5) is 36.3. The summed E-state index contributed by atoms with van der Waals surface area (Å²) in [6, 6.07) is 13.4. The number of imide groups is 1. The van der Waals surface area contributed by atoms with Crippen molar-refractivity contribution >= 4 is 51.4 Å². The van der Waals surface area contributed by atoms with Crippen LogP contribution < -0.4 is 19.7 Å². The van der Waals surface area contributed by atoms with E-state index in [1.54, 1.807) is 23.1 Å². The van der Waals surface area contributed by atoms with Crippen LogP contribution in [0.3, 0.4) is 0 Å². The van der Waals surface area contributed by atoms with Crippen LogP contribution in [0.4, 0.5) is 16.2 Å². The van der Waals surface area contributed by atoms with Crippen molar-refractivity contribution in [3.63, 3.8) is 0 Å². The summed E-state index contributed by atoms with van der Waals surface area (Å²) in [6.45, 7) is 0.726. The standard InChI is InChI=1S/C25H18N6O4S/c26-9-17-15-3-1-2-4-16(15)19(10-27-17)31-23(32)22-18-8-14(30(22)25(31)33)11-29(18)24(36)28-13-5-6-20-21(7-13)35-12-34-20/h1-7,10,14,18,22H,8,11-12H2,(H,28,36)/t14?,18?,22-/m1/s1. The summed E-state index contributed by atoms with van der Waals surface area (Å²) >= 11 is 5.70. The molecule has 10 nitrogen and oxygen atoms in total. The van der Waals surface area contributed by atoms with E-state index in [4.69, 9.17) is 21.7 Å². The van der Waals surface area contributed by atoms with Crippen molar-refractivity contribution in [2.24, 2.45) is 0 Å². The number of nitriles is 1. The number of hydrogen-bond acceptors (Lipinski definition) is 7. The zero-order valence-electron chi connectivity index (χ0n) is 18.7. The number of carbonyl (C=O) groups excluding carboxylic acids is 2. The predicted octanol–water partition coefficient (Wildman–Crippen LogP) is 2.83. The summed E-state index contributed by atoms with van der Waals surface area (Å²) < 4.78 is 10.8. The highest BCUT2D eigenvalue weighted by atomic mass is 32.1. The average Bonchev–Trinajstić information content (AvgIpc) is 3.66. The normalized spacial score (nSPS) is 23.4. The zero-order chi connectivity index (χ0) is 24.6. The van der Waals surface area contributed by atoms with Gasteiger partial charge in [-0.15, -0.1) is 0 Å². The monoisotopic (exact) mass is 498 g/mol. The van der Waals surface area contributed by atoms with Gasteiger partial charge in [-0.25, -0.2) is 14.7 Å². The zero-order valence-corrected chi connectivity index (χ0v) is 19.6. The first kappa shape index (κ1) is 20.9. The van der Waals surface area contributed by atoms with Crippen molar-refractivity contribution in [1.82, 2.24) is 14.8 Å². The van der Waals surface area contributed by atoms with Crippen molar-refractivity contribution < 1.29 is 19.1 Å². The fourth-order valence-corrected chi connectivity index (χ4v) is 6.05. The van der Waals surface area contributed by atoms with Crippen molar-refractivity contribution in [2.75, 3.05) is 23.6 Å². The molecule has 7 rings (SSSR count). The number of hydrogen-bond donors (Lipinski definition) is 1. The van der Waals surface area contributed by atoms with Crippen LogP contribution in [0.25, 0.3) is 10.8 Å². The number of urea groups is 1. The van der Waals surface area contributed by atoms with Crippen LogP contribution in [0.2, 0.25) is 0 Å². The topological polar surface area (TPSA) is 111 Å². The van der Waals surface area contributed by atoms with E-state index < -0.39 is 6.04 Å². The third kappa shape index (κ3) is 2.82. The number of thiocarbonyl (C=S) groups is 1. The van der Waals surface area contributed by atoms with E-state index in [1.165, 1.54) is 11.1 Å². The number of fused-ring (bicyclic) bond motifs is 7. The second-order valence-electron chi connectivity index (χ2n) is 9.07. The Morgan fingerprint density at radius 2 is 1.94 bits per heavy atom. The van der Waals surface area contributed by atoms with Crippen LogP contribution in [-0.4, -0.2) is 63.3 Å². The molecule has 178 valence electrons. The number of rotatable bonds is 2. The lowest BCUT2D eigenvalue weighted by atomic mass is 10.1. The lowest BCUT2D eigenvalue weighted by Gasteiger charge is -2.36. The molecule has 3 aromatic rings. The quantitative estimate of drug-likeness (QED) is 0.421. The lowest BCUT2D eigenvalue weighted by molar-refractivity contribution is -0.120. The first-order valence-electron chi connectivity index (χ1n) is 11.5. The summed E-state index contributed by atoms with van der Waals surface area (Å²) in [6.07, 6.45) is 2.11. The molecule has 3 atom stereocenters. The van der Waals surface area contributed by atoms with Crippen LogP contribution >= 0.6 is 12.2 Å². The van der Waals surface area contributed by atoms with Gasteiger partial charge in [-0.05, 0) is 30.8 Å². The maximum absolute atomic E-state index is 13.7. The van der Waals surface area contributed by atoms with E-state index in [9.17, 15) is 14.9 Å². The molecule has 3 saturated heterocycles. The fraction of sp³-hybridized carbons (Fsp3) is 0.240. The predicted molar refractivity (Wildman–Crippen MR) is 133 cm³/mol. The van der Waals surface area contributed by atoms with Gasteiger partial charge in [0.05, 0.1) is 24.0 Å². The molecule has 3 fully saturated rings. The number of piperazine rings is 1. The minimum absolute atomic E-state index is 0.129. The molecule has 0 spiro atoms. The maximum atomic E-state index is 13.7.